The molecule has 0 bridgehead atoms. The number of halogens is 1. The number of likely N-dealkylation sites (N-methyl/N-ethyl adjacent to an activating group) is 1. The van der Waals surface area contributed by atoms with Crippen molar-refractivity contribution in [2.75, 3.05) is 39.1 Å². The van der Waals surface area contributed by atoms with Gasteiger partial charge in [0.1, 0.15) is 18.0 Å². The van der Waals surface area contributed by atoms with E-state index in [4.69, 9.17) is 9.47 Å². The van der Waals surface area contributed by atoms with Crippen LogP contribution in [-0.2, 0) is 4.79 Å². The van der Waals surface area contributed by atoms with Crippen LogP contribution in [0.3, 0.4) is 0 Å². The van der Waals surface area contributed by atoms with Gasteiger partial charge in [-0.3, -0.25) is 9.69 Å². The lowest BCUT2D eigenvalue weighted by Gasteiger charge is -2.40. The molecule has 2 aromatic carbocycles. The van der Waals surface area contributed by atoms with E-state index in [2.05, 4.69) is 20.2 Å². The molecule has 9 heteroatoms. The molecule has 2 heterocycles. The van der Waals surface area contributed by atoms with E-state index in [1.807, 2.05) is 26.1 Å². The Kier molecular flexibility index (Phi) is 6.91. The van der Waals surface area contributed by atoms with Crippen LogP contribution in [0.5, 0.6) is 11.5 Å². The fourth-order valence-electron chi connectivity index (χ4n) is 5.07. The second-order valence-corrected chi connectivity index (χ2v) is 9.68. The Morgan fingerprint density at radius 3 is 2.61 bits per heavy atom. The van der Waals surface area contributed by atoms with Crippen LogP contribution in [-0.4, -0.2) is 71.6 Å². The van der Waals surface area contributed by atoms with Gasteiger partial charge in [0.05, 0.1) is 31.0 Å². The van der Waals surface area contributed by atoms with Crippen LogP contribution in [0, 0.1) is 12.7 Å². The van der Waals surface area contributed by atoms with Crippen LogP contribution in [0.25, 0.3) is 10.9 Å². The smallest absolute Gasteiger partial charge is 0.236 e. The Morgan fingerprint density at radius 1 is 1.06 bits per heavy atom. The number of carbonyl (C=O) groups excluding carboxylic acids is 1. The number of aromatic nitrogens is 2. The number of amides is 1. The zero-order chi connectivity index (χ0) is 25.2. The predicted molar refractivity (Wildman–Crippen MR) is 136 cm³/mol. The Balaban J connectivity index is 1.33. The van der Waals surface area contributed by atoms with Crippen molar-refractivity contribution in [3.05, 3.63) is 48.0 Å². The number of aryl methyl sites for hydroxylation is 1. The molecule has 0 atom stereocenters. The average molecular weight is 494 g/mol. The highest BCUT2D eigenvalue weighted by atomic mass is 19.1. The highest BCUT2D eigenvalue weighted by Gasteiger charge is 2.31. The number of benzene rings is 2. The third-order valence-electron chi connectivity index (χ3n) is 7.24. The highest BCUT2D eigenvalue weighted by molar-refractivity contribution is 5.93. The summed E-state index contributed by atoms with van der Waals surface area (Å²) in [5, 5.41) is 3.84. The molecule has 0 unspecified atom stereocenters. The van der Waals surface area contributed by atoms with E-state index >= 15 is 0 Å². The third-order valence-corrected chi connectivity index (χ3v) is 7.24. The number of methoxy groups -OCH3 is 1. The summed E-state index contributed by atoms with van der Waals surface area (Å²) in [4.78, 5) is 25.0. The lowest BCUT2D eigenvalue weighted by atomic mass is 9.91. The summed E-state index contributed by atoms with van der Waals surface area (Å²) in [6.45, 7) is 4.13. The molecule has 1 aliphatic carbocycles. The van der Waals surface area contributed by atoms with E-state index in [1.165, 1.54) is 12.4 Å². The van der Waals surface area contributed by atoms with Crippen molar-refractivity contribution in [1.29, 1.82) is 0 Å². The number of hydrogen-bond acceptors (Lipinski definition) is 7. The number of nitrogens with zero attached hydrogens (tertiary/aromatic N) is 4. The fourth-order valence-corrected chi connectivity index (χ4v) is 5.07. The van der Waals surface area contributed by atoms with Crippen molar-refractivity contribution in [3.63, 3.8) is 0 Å². The molecule has 1 N–H and O–H groups in total. The quantitative estimate of drug-likeness (QED) is 0.549. The molecule has 5 rings (SSSR count). The van der Waals surface area contributed by atoms with Crippen molar-refractivity contribution >= 4 is 28.3 Å². The fraction of sp³-hybridized carbons (Fsp3) is 0.444. The monoisotopic (exact) mass is 493 g/mol. The summed E-state index contributed by atoms with van der Waals surface area (Å²) in [6, 6.07) is 9.02. The van der Waals surface area contributed by atoms with Crippen molar-refractivity contribution < 1.29 is 18.7 Å². The first kappa shape index (κ1) is 24.2. The molecule has 1 amide bonds. The van der Waals surface area contributed by atoms with Gasteiger partial charge in [-0.15, -0.1) is 0 Å². The number of nitrogens with one attached hydrogen (secondary N) is 1. The molecule has 0 spiro atoms. The molecule has 2 aliphatic rings. The van der Waals surface area contributed by atoms with E-state index in [-0.39, 0.29) is 17.8 Å². The predicted octanol–water partition coefficient (Wildman–Crippen LogP) is 4.29. The number of piperazine rings is 1. The van der Waals surface area contributed by atoms with Crippen LogP contribution in [0.15, 0.2) is 36.7 Å². The van der Waals surface area contributed by atoms with Crippen molar-refractivity contribution in [2.24, 2.45) is 0 Å². The maximum atomic E-state index is 14.4. The average Bonchev–Trinajstić information content (AvgIpc) is 2.88. The third kappa shape index (κ3) is 5.06. The van der Waals surface area contributed by atoms with Crippen molar-refractivity contribution in [1.82, 2.24) is 19.8 Å². The van der Waals surface area contributed by atoms with Crippen LogP contribution in [0.2, 0.25) is 0 Å². The first-order chi connectivity index (χ1) is 17.4. The summed E-state index contributed by atoms with van der Waals surface area (Å²) in [6.07, 6.45) is 5.27. The number of anilines is 2. The van der Waals surface area contributed by atoms with Crippen LogP contribution < -0.4 is 14.8 Å². The van der Waals surface area contributed by atoms with Gasteiger partial charge in [0.2, 0.25) is 5.91 Å². The summed E-state index contributed by atoms with van der Waals surface area (Å²) in [5.74, 6) is 1.56. The lowest BCUT2D eigenvalue weighted by Crippen LogP contribution is -2.53. The number of carbonyl (C=O) groups is 1. The molecule has 2 fully saturated rings. The zero-order valence-electron chi connectivity index (χ0n) is 21.0. The Morgan fingerprint density at radius 2 is 1.86 bits per heavy atom. The molecule has 1 saturated carbocycles. The first-order valence-corrected chi connectivity index (χ1v) is 12.4. The van der Waals surface area contributed by atoms with Gasteiger partial charge in [-0.05, 0) is 56.4 Å². The SMILES string of the molecule is COc1cc2ncnc(Nc3cc(C)ccc3F)c2cc1O[C@H]1CC[C@H](N2CCN(C)C(=O)C2)CC1. The minimum Gasteiger partial charge on any atom is -0.493 e. The van der Waals surface area contributed by atoms with Gasteiger partial charge in [-0.25, -0.2) is 14.4 Å². The molecule has 1 aliphatic heterocycles. The second-order valence-electron chi connectivity index (χ2n) is 9.68. The molecule has 3 aromatic rings. The minimum absolute atomic E-state index is 0.0472. The maximum absolute atomic E-state index is 14.4. The molecular formula is C27H32FN5O3. The molecule has 8 nitrogen and oxygen atoms in total. The van der Waals surface area contributed by atoms with Gasteiger partial charge < -0.3 is 19.7 Å². The molecule has 1 saturated heterocycles. The van der Waals surface area contributed by atoms with Crippen LogP contribution in [0.1, 0.15) is 31.2 Å². The van der Waals surface area contributed by atoms with E-state index in [9.17, 15) is 9.18 Å². The van der Waals surface area contributed by atoms with E-state index in [0.29, 0.717) is 41.1 Å². The van der Waals surface area contributed by atoms with Gasteiger partial charge in [0, 0.05) is 37.6 Å². The van der Waals surface area contributed by atoms with Gasteiger partial charge in [-0.2, -0.15) is 0 Å². The van der Waals surface area contributed by atoms with E-state index in [1.54, 1.807) is 24.1 Å². The molecular weight excluding hydrogens is 461 g/mol. The Hall–Kier alpha value is -3.46. The highest BCUT2D eigenvalue weighted by Crippen LogP contribution is 2.37. The number of rotatable bonds is 6. The van der Waals surface area contributed by atoms with Gasteiger partial charge >= 0.3 is 0 Å². The first-order valence-electron chi connectivity index (χ1n) is 12.4. The molecule has 36 heavy (non-hydrogen) atoms. The van der Waals surface area contributed by atoms with E-state index in [0.717, 1.165) is 49.7 Å². The second kappa shape index (κ2) is 10.3. The molecule has 1 aromatic heterocycles. The van der Waals surface area contributed by atoms with Crippen LogP contribution >= 0.6 is 0 Å². The lowest BCUT2D eigenvalue weighted by molar-refractivity contribution is -0.135. The van der Waals surface area contributed by atoms with Gasteiger partial charge in [0.15, 0.2) is 11.5 Å². The number of fused-ring (bicyclic) bond motifs is 1. The maximum Gasteiger partial charge on any atom is 0.236 e. The molecule has 190 valence electrons. The zero-order valence-corrected chi connectivity index (χ0v) is 21.0. The van der Waals surface area contributed by atoms with Gasteiger partial charge in [0.25, 0.3) is 0 Å². The van der Waals surface area contributed by atoms with Crippen molar-refractivity contribution in [3.8, 4) is 11.5 Å². The van der Waals surface area contributed by atoms with Gasteiger partial charge in [-0.1, -0.05) is 6.07 Å². The number of hydrogen-bond donors (Lipinski definition) is 1. The van der Waals surface area contributed by atoms with Crippen molar-refractivity contribution in [2.45, 2.75) is 44.8 Å². The normalized spacial score (nSPS) is 21.0. The van der Waals surface area contributed by atoms with Crippen LogP contribution in [0.4, 0.5) is 15.9 Å². The summed E-state index contributed by atoms with van der Waals surface area (Å²) >= 11 is 0. The topological polar surface area (TPSA) is 79.8 Å². The summed E-state index contributed by atoms with van der Waals surface area (Å²) < 4.78 is 26.4. The Bertz CT molecular complexity index is 1260. The summed E-state index contributed by atoms with van der Waals surface area (Å²) in [7, 11) is 3.47. The molecule has 0 radical (unpaired) electrons. The number of ether oxygens (including phenoxy) is 2. The minimum atomic E-state index is -0.351. The summed E-state index contributed by atoms with van der Waals surface area (Å²) in [5.41, 5.74) is 1.97. The largest absolute Gasteiger partial charge is 0.493 e. The standard InChI is InChI=1S/C27H32FN5O3/c1-17-4-9-21(28)23(12-17)31-27-20-13-25(24(35-3)14-22(20)29-16-30-27)36-19-7-5-18(6-8-19)33-11-10-32(2)26(34)15-33/h4,9,12-14,16,18-19H,5-8,10-11,15H2,1-3H3,(H,29,30,31)/t18-,19-. The Labute approximate surface area is 210 Å². The van der Waals surface area contributed by atoms with E-state index < -0.39 is 0 Å².